The molecule has 4 nitrogen and oxygen atoms in total. The Kier molecular flexibility index (Phi) is 3.88. The largest absolute Gasteiger partial charge is 0.389 e. The van der Waals surface area contributed by atoms with E-state index in [0.29, 0.717) is 6.54 Å². The fraction of sp³-hybridized carbons (Fsp3) is 0.583. The Hall–Kier alpha value is -1.13. The molecule has 1 aromatic rings. The van der Waals surface area contributed by atoms with E-state index in [4.69, 9.17) is 5.73 Å². The van der Waals surface area contributed by atoms with Gasteiger partial charge in [0.25, 0.3) is 0 Å². The highest BCUT2D eigenvalue weighted by Gasteiger charge is 2.16. The Labute approximate surface area is 97.1 Å². The van der Waals surface area contributed by atoms with Crippen molar-refractivity contribution < 1.29 is 5.11 Å². The summed E-state index contributed by atoms with van der Waals surface area (Å²) in [5.41, 5.74) is 6.13. The lowest BCUT2D eigenvalue weighted by Crippen LogP contribution is -2.36. The Bertz CT molecular complexity index is 344. The minimum atomic E-state index is -0.735. The lowest BCUT2D eigenvalue weighted by Gasteiger charge is -2.26. The molecule has 0 saturated heterocycles. The summed E-state index contributed by atoms with van der Waals surface area (Å²) in [6, 6.07) is 3.86. The molecule has 16 heavy (non-hydrogen) atoms. The summed E-state index contributed by atoms with van der Waals surface area (Å²) in [5, 5.41) is 9.73. The second-order valence-electron chi connectivity index (χ2n) is 4.90. The molecule has 0 fully saturated rings. The molecule has 0 radical (unpaired) electrons. The van der Waals surface area contributed by atoms with Crippen LogP contribution in [0.4, 0.5) is 5.82 Å². The van der Waals surface area contributed by atoms with Crippen LogP contribution in [-0.2, 0) is 0 Å². The maximum absolute atomic E-state index is 9.73. The van der Waals surface area contributed by atoms with Gasteiger partial charge in [0.15, 0.2) is 0 Å². The summed E-state index contributed by atoms with van der Waals surface area (Å²) in [5.74, 6) is 0.830. The van der Waals surface area contributed by atoms with Crippen molar-refractivity contribution in [1.29, 1.82) is 0 Å². The number of aromatic nitrogens is 1. The van der Waals surface area contributed by atoms with Crippen LogP contribution in [0.5, 0.6) is 0 Å². The molecule has 0 spiro atoms. The Morgan fingerprint density at radius 3 is 2.69 bits per heavy atom. The number of nitrogens with two attached hydrogens (primary N) is 1. The van der Waals surface area contributed by atoms with Crippen LogP contribution in [0.3, 0.4) is 0 Å². The van der Waals surface area contributed by atoms with Crippen LogP contribution >= 0.6 is 0 Å². The van der Waals surface area contributed by atoms with E-state index < -0.39 is 5.60 Å². The van der Waals surface area contributed by atoms with E-state index in [1.165, 1.54) is 0 Å². The Morgan fingerprint density at radius 1 is 1.56 bits per heavy atom. The quantitative estimate of drug-likeness (QED) is 0.808. The molecule has 0 aliphatic rings. The zero-order chi connectivity index (χ0) is 12.3. The van der Waals surface area contributed by atoms with Crippen LogP contribution in [0.25, 0.3) is 0 Å². The zero-order valence-electron chi connectivity index (χ0n) is 10.4. The van der Waals surface area contributed by atoms with Gasteiger partial charge in [0.1, 0.15) is 5.82 Å². The van der Waals surface area contributed by atoms with Gasteiger partial charge >= 0.3 is 0 Å². The average Bonchev–Trinajstić information content (AvgIpc) is 2.15. The number of likely N-dealkylation sites (N-methyl/N-ethyl adjacent to an activating group) is 1. The van der Waals surface area contributed by atoms with Gasteiger partial charge in [-0.2, -0.15) is 0 Å². The summed E-state index contributed by atoms with van der Waals surface area (Å²) in [6.45, 7) is 6.02. The van der Waals surface area contributed by atoms with Crippen molar-refractivity contribution in [2.75, 3.05) is 18.5 Å². The van der Waals surface area contributed by atoms with Gasteiger partial charge in [-0.25, -0.2) is 4.98 Å². The molecule has 3 N–H and O–H groups in total. The minimum absolute atomic E-state index is 0.00251. The van der Waals surface area contributed by atoms with Crippen LogP contribution in [0.15, 0.2) is 18.3 Å². The third-order valence-corrected chi connectivity index (χ3v) is 2.31. The minimum Gasteiger partial charge on any atom is -0.389 e. The predicted octanol–water partition coefficient (Wildman–Crippen LogP) is 1.31. The summed E-state index contributed by atoms with van der Waals surface area (Å²) >= 11 is 0. The van der Waals surface area contributed by atoms with Gasteiger partial charge in [-0.3, -0.25) is 0 Å². The number of aliphatic hydroxyl groups is 1. The first-order valence-corrected chi connectivity index (χ1v) is 5.44. The van der Waals surface area contributed by atoms with Gasteiger partial charge in [0.2, 0.25) is 0 Å². The molecule has 1 aromatic heterocycles. The normalized spacial score (nSPS) is 13.6. The molecule has 90 valence electrons. The number of pyridine rings is 1. The molecule has 0 aliphatic carbocycles. The zero-order valence-corrected chi connectivity index (χ0v) is 10.4. The van der Waals surface area contributed by atoms with Gasteiger partial charge in [0, 0.05) is 25.8 Å². The van der Waals surface area contributed by atoms with Crippen LogP contribution in [0, 0.1) is 0 Å². The number of hydrogen-bond donors (Lipinski definition) is 2. The molecule has 0 aliphatic heterocycles. The van der Waals surface area contributed by atoms with Crippen molar-refractivity contribution in [3.8, 4) is 0 Å². The van der Waals surface area contributed by atoms with Crippen LogP contribution in [-0.4, -0.2) is 29.3 Å². The number of hydrogen-bond acceptors (Lipinski definition) is 4. The first-order chi connectivity index (χ1) is 7.29. The van der Waals surface area contributed by atoms with Crippen molar-refractivity contribution in [2.45, 2.75) is 32.4 Å². The van der Waals surface area contributed by atoms with E-state index in [0.717, 1.165) is 11.4 Å². The molecule has 0 saturated carbocycles. The first-order valence-electron chi connectivity index (χ1n) is 5.44. The molecule has 0 bridgehead atoms. The van der Waals surface area contributed by atoms with Crippen molar-refractivity contribution in [3.63, 3.8) is 0 Å². The maximum Gasteiger partial charge on any atom is 0.128 e. The van der Waals surface area contributed by atoms with Crippen molar-refractivity contribution >= 4 is 5.82 Å². The second kappa shape index (κ2) is 4.80. The molecule has 1 unspecified atom stereocenters. The van der Waals surface area contributed by atoms with E-state index in [1.807, 2.05) is 31.0 Å². The highest BCUT2D eigenvalue weighted by molar-refractivity contribution is 5.41. The van der Waals surface area contributed by atoms with E-state index in [1.54, 1.807) is 20.0 Å². The highest BCUT2D eigenvalue weighted by Crippen LogP contribution is 2.17. The van der Waals surface area contributed by atoms with E-state index >= 15 is 0 Å². The molecule has 0 amide bonds. The lowest BCUT2D eigenvalue weighted by atomic mass is 10.1. The third-order valence-electron chi connectivity index (χ3n) is 2.31. The topological polar surface area (TPSA) is 62.4 Å². The van der Waals surface area contributed by atoms with Gasteiger partial charge in [-0.1, -0.05) is 0 Å². The van der Waals surface area contributed by atoms with Crippen LogP contribution < -0.4 is 10.6 Å². The fourth-order valence-corrected chi connectivity index (χ4v) is 1.59. The predicted molar refractivity (Wildman–Crippen MR) is 66.4 cm³/mol. The molecular formula is C12H21N3O. The van der Waals surface area contributed by atoms with Crippen molar-refractivity contribution in [2.24, 2.45) is 5.73 Å². The van der Waals surface area contributed by atoms with E-state index in [2.05, 4.69) is 4.98 Å². The summed E-state index contributed by atoms with van der Waals surface area (Å²) in [7, 11) is 1.91. The van der Waals surface area contributed by atoms with Crippen molar-refractivity contribution in [3.05, 3.63) is 23.9 Å². The average molecular weight is 223 g/mol. The van der Waals surface area contributed by atoms with Crippen molar-refractivity contribution in [1.82, 2.24) is 4.98 Å². The lowest BCUT2D eigenvalue weighted by molar-refractivity contribution is 0.0884. The summed E-state index contributed by atoms with van der Waals surface area (Å²) < 4.78 is 0. The van der Waals surface area contributed by atoms with Gasteiger partial charge in [-0.05, 0) is 38.5 Å². The maximum atomic E-state index is 9.73. The Balaban J connectivity index is 2.83. The van der Waals surface area contributed by atoms with Crippen LogP contribution in [0.2, 0.25) is 0 Å². The molecular weight excluding hydrogens is 202 g/mol. The second-order valence-corrected chi connectivity index (χ2v) is 4.90. The first kappa shape index (κ1) is 12.9. The van der Waals surface area contributed by atoms with Gasteiger partial charge < -0.3 is 15.7 Å². The van der Waals surface area contributed by atoms with E-state index in [-0.39, 0.29) is 6.04 Å². The fourth-order valence-electron chi connectivity index (χ4n) is 1.59. The smallest absolute Gasteiger partial charge is 0.128 e. The third kappa shape index (κ3) is 3.79. The molecule has 4 heteroatoms. The summed E-state index contributed by atoms with van der Waals surface area (Å²) in [6.07, 6.45) is 1.74. The van der Waals surface area contributed by atoms with Crippen LogP contribution in [0.1, 0.15) is 32.4 Å². The highest BCUT2D eigenvalue weighted by atomic mass is 16.3. The number of anilines is 1. The monoisotopic (exact) mass is 223 g/mol. The standard InChI is InChI=1S/C12H21N3O/c1-9(13)10-5-6-14-11(7-10)15(4)8-12(2,3)16/h5-7,9,16H,8,13H2,1-4H3. The number of rotatable bonds is 4. The molecule has 1 rings (SSSR count). The summed E-state index contributed by atoms with van der Waals surface area (Å²) in [4.78, 5) is 6.19. The number of nitrogens with zero attached hydrogens (tertiary/aromatic N) is 2. The SMILES string of the molecule is CC(N)c1ccnc(N(C)CC(C)(C)O)c1. The Morgan fingerprint density at radius 2 is 2.19 bits per heavy atom. The molecule has 0 aromatic carbocycles. The molecule has 1 atom stereocenters. The van der Waals surface area contributed by atoms with Gasteiger partial charge in [-0.15, -0.1) is 0 Å². The molecule has 1 heterocycles. The van der Waals surface area contributed by atoms with E-state index in [9.17, 15) is 5.11 Å². The van der Waals surface area contributed by atoms with Gasteiger partial charge in [0.05, 0.1) is 5.60 Å².